The monoisotopic (exact) mass is 220 g/mol. The minimum Gasteiger partial charge on any atom is -0.351 e. The van der Waals surface area contributed by atoms with Crippen LogP contribution in [0.5, 0.6) is 0 Å². The van der Waals surface area contributed by atoms with Crippen molar-refractivity contribution >= 4 is 5.91 Å². The molecule has 1 rings (SSSR count). The number of amides is 1. The Morgan fingerprint density at radius 1 is 1.19 bits per heavy atom. The number of aryl methyl sites for hydroxylation is 1. The first-order valence-electron chi connectivity index (χ1n) is 5.80. The molecule has 1 amide bonds. The molecule has 0 saturated heterocycles. The van der Waals surface area contributed by atoms with Crippen LogP contribution < -0.4 is 10.6 Å². The van der Waals surface area contributed by atoms with E-state index >= 15 is 0 Å². The molecular formula is C13H20N2O. The number of carbonyl (C=O) groups excluding carboxylic acids is 1. The van der Waals surface area contributed by atoms with E-state index < -0.39 is 0 Å². The summed E-state index contributed by atoms with van der Waals surface area (Å²) in [7, 11) is 0. The molecule has 0 radical (unpaired) electrons. The van der Waals surface area contributed by atoms with Crippen LogP contribution in [0.3, 0.4) is 0 Å². The Hall–Kier alpha value is -1.35. The third kappa shape index (κ3) is 4.03. The number of hydrogen-bond donors (Lipinski definition) is 2. The molecule has 0 unspecified atom stereocenters. The molecule has 16 heavy (non-hydrogen) atoms. The lowest BCUT2D eigenvalue weighted by Crippen LogP contribution is -2.32. The Kier molecular flexibility index (Phi) is 5.57. The zero-order valence-electron chi connectivity index (χ0n) is 10.0. The fraction of sp³-hybridized carbons (Fsp3) is 0.462. The van der Waals surface area contributed by atoms with Crippen molar-refractivity contribution in [2.75, 3.05) is 19.6 Å². The fourth-order valence-electron chi connectivity index (χ4n) is 1.49. The van der Waals surface area contributed by atoms with Crippen molar-refractivity contribution in [3.05, 3.63) is 35.4 Å². The van der Waals surface area contributed by atoms with Crippen molar-refractivity contribution in [1.82, 2.24) is 10.6 Å². The molecule has 0 fully saturated rings. The van der Waals surface area contributed by atoms with Gasteiger partial charge < -0.3 is 10.6 Å². The van der Waals surface area contributed by atoms with Gasteiger partial charge in [0.05, 0.1) is 0 Å². The van der Waals surface area contributed by atoms with Gasteiger partial charge in [-0.15, -0.1) is 0 Å². The highest BCUT2D eigenvalue weighted by Crippen LogP contribution is 2.05. The van der Waals surface area contributed by atoms with Crippen LogP contribution in [-0.4, -0.2) is 25.5 Å². The maximum Gasteiger partial charge on any atom is 0.251 e. The zero-order valence-corrected chi connectivity index (χ0v) is 10.0. The standard InChI is InChI=1S/C13H20N2O/c1-3-8-14-9-10-15-13(16)12-7-5-4-6-11(12)2/h4-7,14H,3,8-10H2,1-2H3,(H,15,16). The first-order chi connectivity index (χ1) is 7.75. The third-order valence-electron chi connectivity index (χ3n) is 2.40. The second-order valence-electron chi connectivity index (χ2n) is 3.82. The smallest absolute Gasteiger partial charge is 0.251 e. The van der Waals surface area contributed by atoms with E-state index in [4.69, 9.17) is 0 Å². The molecule has 0 bridgehead atoms. The van der Waals surface area contributed by atoms with E-state index in [9.17, 15) is 4.79 Å². The maximum absolute atomic E-state index is 11.8. The average molecular weight is 220 g/mol. The number of nitrogens with one attached hydrogen (secondary N) is 2. The SMILES string of the molecule is CCCNCCNC(=O)c1ccccc1C. The molecule has 0 aliphatic heterocycles. The molecule has 3 heteroatoms. The molecule has 0 heterocycles. The highest BCUT2D eigenvalue weighted by Gasteiger charge is 2.06. The van der Waals surface area contributed by atoms with Crippen molar-refractivity contribution in [2.45, 2.75) is 20.3 Å². The summed E-state index contributed by atoms with van der Waals surface area (Å²) in [6.45, 7) is 6.57. The van der Waals surface area contributed by atoms with Gasteiger partial charge in [0.15, 0.2) is 0 Å². The molecule has 1 aromatic rings. The van der Waals surface area contributed by atoms with Gasteiger partial charge in [-0.1, -0.05) is 25.1 Å². The van der Waals surface area contributed by atoms with Crippen LogP contribution in [0.2, 0.25) is 0 Å². The zero-order chi connectivity index (χ0) is 11.8. The Morgan fingerprint density at radius 3 is 2.62 bits per heavy atom. The summed E-state index contributed by atoms with van der Waals surface area (Å²) in [5.41, 5.74) is 1.78. The first kappa shape index (κ1) is 12.7. The summed E-state index contributed by atoms with van der Waals surface area (Å²) in [5, 5.41) is 6.14. The topological polar surface area (TPSA) is 41.1 Å². The van der Waals surface area contributed by atoms with Crippen LogP contribution in [0.1, 0.15) is 29.3 Å². The van der Waals surface area contributed by atoms with E-state index in [2.05, 4.69) is 17.6 Å². The van der Waals surface area contributed by atoms with Crippen molar-refractivity contribution in [2.24, 2.45) is 0 Å². The van der Waals surface area contributed by atoms with Gasteiger partial charge in [0.1, 0.15) is 0 Å². The number of carbonyl (C=O) groups is 1. The van der Waals surface area contributed by atoms with Gasteiger partial charge in [0, 0.05) is 18.7 Å². The molecule has 3 nitrogen and oxygen atoms in total. The fourth-order valence-corrected chi connectivity index (χ4v) is 1.49. The minimum atomic E-state index is 0.0106. The summed E-state index contributed by atoms with van der Waals surface area (Å²) in [6, 6.07) is 7.63. The molecule has 2 N–H and O–H groups in total. The lowest BCUT2D eigenvalue weighted by atomic mass is 10.1. The first-order valence-corrected chi connectivity index (χ1v) is 5.80. The lowest BCUT2D eigenvalue weighted by Gasteiger charge is -2.07. The van der Waals surface area contributed by atoms with Gasteiger partial charge >= 0.3 is 0 Å². The quantitative estimate of drug-likeness (QED) is 0.717. The van der Waals surface area contributed by atoms with E-state index in [1.54, 1.807) is 0 Å². The molecule has 0 aliphatic carbocycles. The van der Waals surface area contributed by atoms with Gasteiger partial charge in [0.25, 0.3) is 5.91 Å². The van der Waals surface area contributed by atoms with E-state index in [-0.39, 0.29) is 5.91 Å². The summed E-state index contributed by atoms with van der Waals surface area (Å²) < 4.78 is 0. The van der Waals surface area contributed by atoms with Gasteiger partial charge in [-0.25, -0.2) is 0 Å². The largest absolute Gasteiger partial charge is 0.351 e. The Balaban J connectivity index is 2.33. The Morgan fingerprint density at radius 2 is 1.94 bits per heavy atom. The summed E-state index contributed by atoms with van der Waals surface area (Å²) >= 11 is 0. The predicted octanol–water partition coefficient (Wildman–Crippen LogP) is 1.72. The molecule has 0 aromatic heterocycles. The van der Waals surface area contributed by atoms with Crippen LogP contribution in [0.15, 0.2) is 24.3 Å². The third-order valence-corrected chi connectivity index (χ3v) is 2.40. The van der Waals surface area contributed by atoms with Gasteiger partial charge in [0.2, 0.25) is 0 Å². The van der Waals surface area contributed by atoms with Crippen LogP contribution in [0.4, 0.5) is 0 Å². The van der Waals surface area contributed by atoms with Crippen molar-refractivity contribution < 1.29 is 4.79 Å². The van der Waals surface area contributed by atoms with Crippen LogP contribution >= 0.6 is 0 Å². The highest BCUT2D eigenvalue weighted by atomic mass is 16.1. The second kappa shape index (κ2) is 7.01. The number of benzene rings is 1. The molecule has 0 saturated carbocycles. The summed E-state index contributed by atoms with van der Waals surface area (Å²) in [4.78, 5) is 11.8. The molecular weight excluding hydrogens is 200 g/mol. The van der Waals surface area contributed by atoms with Crippen LogP contribution in [0.25, 0.3) is 0 Å². The van der Waals surface area contributed by atoms with Crippen LogP contribution in [0, 0.1) is 6.92 Å². The van der Waals surface area contributed by atoms with Gasteiger partial charge in [-0.3, -0.25) is 4.79 Å². The van der Waals surface area contributed by atoms with Gasteiger partial charge in [-0.2, -0.15) is 0 Å². The van der Waals surface area contributed by atoms with Crippen molar-refractivity contribution in [1.29, 1.82) is 0 Å². The van der Waals surface area contributed by atoms with Crippen LogP contribution in [-0.2, 0) is 0 Å². The van der Waals surface area contributed by atoms with E-state index in [0.29, 0.717) is 6.54 Å². The lowest BCUT2D eigenvalue weighted by molar-refractivity contribution is 0.0953. The minimum absolute atomic E-state index is 0.0106. The molecule has 1 aromatic carbocycles. The number of rotatable bonds is 6. The normalized spacial score (nSPS) is 10.1. The highest BCUT2D eigenvalue weighted by molar-refractivity contribution is 5.95. The average Bonchev–Trinajstić information content (AvgIpc) is 2.29. The molecule has 0 spiro atoms. The Labute approximate surface area is 97.2 Å². The molecule has 88 valence electrons. The Bertz CT molecular complexity index is 336. The summed E-state index contributed by atoms with van der Waals surface area (Å²) in [6.07, 6.45) is 1.12. The van der Waals surface area contributed by atoms with E-state index in [1.807, 2.05) is 31.2 Å². The summed E-state index contributed by atoms with van der Waals surface area (Å²) in [5.74, 6) is 0.0106. The molecule has 0 aliphatic rings. The molecule has 0 atom stereocenters. The predicted molar refractivity (Wildman–Crippen MR) is 66.7 cm³/mol. The van der Waals surface area contributed by atoms with Crippen molar-refractivity contribution in [3.63, 3.8) is 0 Å². The van der Waals surface area contributed by atoms with E-state index in [1.165, 1.54) is 0 Å². The van der Waals surface area contributed by atoms with E-state index in [0.717, 1.165) is 30.6 Å². The second-order valence-corrected chi connectivity index (χ2v) is 3.82. The maximum atomic E-state index is 11.8. The van der Waals surface area contributed by atoms with Gasteiger partial charge in [-0.05, 0) is 31.5 Å². The number of hydrogen-bond acceptors (Lipinski definition) is 2. The van der Waals surface area contributed by atoms with Crippen molar-refractivity contribution in [3.8, 4) is 0 Å².